The molecule has 1 amide bonds. The number of aliphatic hydroxyl groups excluding tert-OH is 2. The van der Waals surface area contributed by atoms with Crippen LogP contribution >= 0.6 is 0 Å². The molecule has 6 nitrogen and oxygen atoms in total. The second-order valence-electron chi connectivity index (χ2n) is 19.6. The second kappa shape index (κ2) is 53.2. The number of aliphatic hydroxyl groups is 2. The standard InChI is InChI=1S/C57H111NO5/c1-3-5-7-9-11-13-15-17-19-20-21-22-23-24-25-29-33-37-41-45-49-55(60)54(53-59)58-56(61)50-46-42-38-34-30-27-28-32-36-40-44-48-52-63-57(62)51-47-43-39-35-31-26-18-16-14-12-10-8-6-4-2/h16,18,54-55,59-60H,3-15,17,19-53H2,1-2H3,(H,58,61)/b18-16-. The van der Waals surface area contributed by atoms with Crippen LogP contribution in [0.25, 0.3) is 0 Å². The third kappa shape index (κ3) is 49.9. The van der Waals surface area contributed by atoms with E-state index in [1.165, 1.54) is 225 Å². The van der Waals surface area contributed by atoms with Crippen LogP contribution < -0.4 is 5.32 Å². The first-order valence-electron chi connectivity index (χ1n) is 28.4. The zero-order valence-electron chi connectivity index (χ0n) is 42.6. The number of ether oxygens (including phenoxy) is 1. The number of nitrogens with one attached hydrogen (secondary N) is 1. The van der Waals surface area contributed by atoms with Crippen molar-refractivity contribution < 1.29 is 24.5 Å². The maximum absolute atomic E-state index is 12.5. The van der Waals surface area contributed by atoms with Gasteiger partial charge in [0.15, 0.2) is 0 Å². The van der Waals surface area contributed by atoms with Crippen molar-refractivity contribution in [3.8, 4) is 0 Å². The summed E-state index contributed by atoms with van der Waals surface area (Å²) in [5.41, 5.74) is 0. The van der Waals surface area contributed by atoms with Gasteiger partial charge >= 0.3 is 5.97 Å². The molecule has 0 aliphatic carbocycles. The van der Waals surface area contributed by atoms with Crippen molar-refractivity contribution in [3.05, 3.63) is 12.2 Å². The minimum atomic E-state index is -0.675. The van der Waals surface area contributed by atoms with Gasteiger partial charge in [0, 0.05) is 12.8 Å². The molecule has 0 aliphatic rings. The van der Waals surface area contributed by atoms with Gasteiger partial charge in [-0.15, -0.1) is 0 Å². The molecule has 0 radical (unpaired) electrons. The Balaban J connectivity index is 3.46. The molecular weight excluding hydrogens is 779 g/mol. The Morgan fingerprint density at radius 3 is 1.13 bits per heavy atom. The third-order valence-electron chi connectivity index (χ3n) is 13.3. The van der Waals surface area contributed by atoms with Gasteiger partial charge in [0.2, 0.25) is 5.91 Å². The SMILES string of the molecule is CCCCCCC/C=C\CCCCCCCC(=O)OCCCCCCCCCCCCCCC(=O)NC(CO)C(O)CCCCCCCCCCCCCCCCCCCCCC. The Bertz CT molecular complexity index is 939. The van der Waals surface area contributed by atoms with Gasteiger partial charge in [0.1, 0.15) is 0 Å². The molecule has 6 heteroatoms. The topological polar surface area (TPSA) is 95.9 Å². The number of hydrogen-bond acceptors (Lipinski definition) is 5. The van der Waals surface area contributed by atoms with E-state index in [-0.39, 0.29) is 18.5 Å². The van der Waals surface area contributed by atoms with Crippen LogP contribution in [0.15, 0.2) is 12.2 Å². The van der Waals surface area contributed by atoms with E-state index >= 15 is 0 Å². The van der Waals surface area contributed by atoms with Gasteiger partial charge in [-0.25, -0.2) is 0 Å². The number of carbonyl (C=O) groups excluding carboxylic acids is 2. The Morgan fingerprint density at radius 2 is 0.746 bits per heavy atom. The molecule has 0 fully saturated rings. The number of allylic oxidation sites excluding steroid dienone is 2. The van der Waals surface area contributed by atoms with Crippen molar-refractivity contribution in [3.63, 3.8) is 0 Å². The van der Waals surface area contributed by atoms with E-state index in [2.05, 4.69) is 31.3 Å². The Kier molecular flexibility index (Phi) is 52.0. The smallest absolute Gasteiger partial charge is 0.305 e. The fourth-order valence-corrected chi connectivity index (χ4v) is 8.93. The molecule has 0 rings (SSSR count). The molecule has 0 bridgehead atoms. The minimum Gasteiger partial charge on any atom is -0.466 e. The lowest BCUT2D eigenvalue weighted by atomic mass is 10.0. The van der Waals surface area contributed by atoms with Crippen LogP contribution in [-0.2, 0) is 14.3 Å². The zero-order chi connectivity index (χ0) is 45.8. The summed E-state index contributed by atoms with van der Waals surface area (Å²) in [4.78, 5) is 24.5. The lowest BCUT2D eigenvalue weighted by molar-refractivity contribution is -0.143. The van der Waals surface area contributed by atoms with Gasteiger partial charge < -0.3 is 20.3 Å². The molecule has 0 saturated heterocycles. The number of esters is 1. The normalized spacial score (nSPS) is 12.6. The van der Waals surface area contributed by atoms with Gasteiger partial charge in [0.05, 0.1) is 25.4 Å². The largest absolute Gasteiger partial charge is 0.466 e. The van der Waals surface area contributed by atoms with Crippen LogP contribution in [0.1, 0.15) is 316 Å². The first-order chi connectivity index (χ1) is 31.0. The molecule has 0 saturated carbocycles. The Labute approximate surface area is 393 Å². The second-order valence-corrected chi connectivity index (χ2v) is 19.6. The van der Waals surface area contributed by atoms with Crippen LogP contribution in [0.3, 0.4) is 0 Å². The zero-order valence-corrected chi connectivity index (χ0v) is 42.6. The molecule has 0 aromatic carbocycles. The molecular formula is C57H111NO5. The highest BCUT2D eigenvalue weighted by molar-refractivity contribution is 5.76. The highest BCUT2D eigenvalue weighted by Crippen LogP contribution is 2.17. The van der Waals surface area contributed by atoms with Crippen molar-refractivity contribution in [1.29, 1.82) is 0 Å². The molecule has 0 aliphatic heterocycles. The van der Waals surface area contributed by atoms with Gasteiger partial charge in [0.25, 0.3) is 0 Å². The average molecular weight is 891 g/mol. The van der Waals surface area contributed by atoms with E-state index in [4.69, 9.17) is 4.74 Å². The molecule has 63 heavy (non-hydrogen) atoms. The summed E-state index contributed by atoms with van der Waals surface area (Å²) in [5, 5.41) is 23.3. The molecule has 0 heterocycles. The van der Waals surface area contributed by atoms with E-state index in [0.717, 1.165) is 57.8 Å². The van der Waals surface area contributed by atoms with Crippen molar-refractivity contribution in [2.24, 2.45) is 0 Å². The van der Waals surface area contributed by atoms with Gasteiger partial charge in [-0.2, -0.15) is 0 Å². The summed E-state index contributed by atoms with van der Waals surface area (Å²) in [6.07, 6.45) is 61.9. The Morgan fingerprint density at radius 1 is 0.429 bits per heavy atom. The number of rotatable bonds is 53. The van der Waals surface area contributed by atoms with Gasteiger partial charge in [-0.05, 0) is 51.4 Å². The summed E-state index contributed by atoms with van der Waals surface area (Å²) in [6.45, 7) is 4.93. The van der Waals surface area contributed by atoms with Crippen LogP contribution in [0.5, 0.6) is 0 Å². The monoisotopic (exact) mass is 890 g/mol. The average Bonchev–Trinajstić information content (AvgIpc) is 3.28. The molecule has 3 N–H and O–H groups in total. The highest BCUT2D eigenvalue weighted by atomic mass is 16.5. The minimum absolute atomic E-state index is 0.0168. The van der Waals surface area contributed by atoms with Crippen molar-refractivity contribution in [1.82, 2.24) is 5.32 Å². The lowest BCUT2D eigenvalue weighted by Crippen LogP contribution is -2.45. The fraction of sp³-hybridized carbons (Fsp3) is 0.930. The van der Waals surface area contributed by atoms with E-state index in [1.807, 2.05) is 0 Å². The van der Waals surface area contributed by atoms with Crippen molar-refractivity contribution in [2.75, 3.05) is 13.2 Å². The first kappa shape index (κ1) is 61.6. The summed E-state index contributed by atoms with van der Waals surface area (Å²) >= 11 is 0. The molecule has 0 aromatic heterocycles. The maximum Gasteiger partial charge on any atom is 0.305 e. The predicted octanol–water partition coefficient (Wildman–Crippen LogP) is 17.3. The summed E-state index contributed by atoms with van der Waals surface area (Å²) in [7, 11) is 0. The van der Waals surface area contributed by atoms with Crippen LogP contribution in [0.2, 0.25) is 0 Å². The molecule has 0 aromatic rings. The maximum atomic E-state index is 12.5. The van der Waals surface area contributed by atoms with Crippen LogP contribution in [0, 0.1) is 0 Å². The van der Waals surface area contributed by atoms with Crippen molar-refractivity contribution in [2.45, 2.75) is 328 Å². The van der Waals surface area contributed by atoms with Gasteiger partial charge in [-0.1, -0.05) is 264 Å². The van der Waals surface area contributed by atoms with E-state index < -0.39 is 12.1 Å². The summed E-state index contributed by atoms with van der Waals surface area (Å²) < 4.78 is 5.46. The molecule has 2 unspecified atom stereocenters. The van der Waals surface area contributed by atoms with Gasteiger partial charge in [-0.3, -0.25) is 9.59 Å². The number of carbonyl (C=O) groups is 2. The lowest BCUT2D eigenvalue weighted by Gasteiger charge is -2.22. The van der Waals surface area contributed by atoms with Crippen molar-refractivity contribution >= 4 is 11.9 Å². The number of unbranched alkanes of at least 4 members (excludes halogenated alkanes) is 40. The fourth-order valence-electron chi connectivity index (χ4n) is 8.93. The van der Waals surface area contributed by atoms with E-state index in [1.54, 1.807) is 0 Å². The molecule has 0 spiro atoms. The number of amides is 1. The van der Waals surface area contributed by atoms with Crippen LogP contribution in [0.4, 0.5) is 0 Å². The van der Waals surface area contributed by atoms with E-state index in [0.29, 0.717) is 25.9 Å². The first-order valence-corrected chi connectivity index (χ1v) is 28.4. The summed E-state index contributed by atoms with van der Waals surface area (Å²) in [5.74, 6) is -0.0647. The Hall–Kier alpha value is -1.40. The quantitative estimate of drug-likeness (QED) is 0.0321. The molecule has 374 valence electrons. The molecule has 2 atom stereocenters. The number of hydrogen-bond donors (Lipinski definition) is 3. The van der Waals surface area contributed by atoms with Crippen LogP contribution in [-0.4, -0.2) is 47.4 Å². The highest BCUT2D eigenvalue weighted by Gasteiger charge is 2.20. The predicted molar refractivity (Wildman–Crippen MR) is 273 cm³/mol. The summed E-state index contributed by atoms with van der Waals surface area (Å²) in [6, 6.07) is -0.553. The van der Waals surface area contributed by atoms with E-state index in [9.17, 15) is 19.8 Å². The third-order valence-corrected chi connectivity index (χ3v) is 13.3.